The summed E-state index contributed by atoms with van der Waals surface area (Å²) in [4.78, 5) is 4.05. The molecule has 0 amide bonds. The molecule has 0 aliphatic rings. The van der Waals surface area contributed by atoms with E-state index in [1.165, 1.54) is 6.20 Å². The smallest absolute Gasteiger partial charge is 0.238 e. The monoisotopic (exact) mass is 267 g/mol. The van der Waals surface area contributed by atoms with E-state index >= 15 is 0 Å². The molecule has 0 radical (unpaired) electrons. The molecule has 0 aromatic carbocycles. The maximum absolute atomic E-state index is 8.95. The van der Waals surface area contributed by atoms with E-state index in [1.54, 1.807) is 23.1 Å². The molecular weight excluding hydrogens is 254 g/mol. The molecule has 2 heterocycles. The van der Waals surface area contributed by atoms with E-state index in [0.717, 1.165) is 0 Å². The van der Waals surface area contributed by atoms with E-state index in [2.05, 4.69) is 10.1 Å². The maximum Gasteiger partial charge on any atom is 0.238 e. The van der Waals surface area contributed by atoms with Crippen LogP contribution in [0.1, 0.15) is 25.5 Å². The Bertz CT molecular complexity index is 540. The number of hydrogen-bond donors (Lipinski definition) is 1. The van der Waals surface area contributed by atoms with Gasteiger partial charge in [0.25, 0.3) is 0 Å². The van der Waals surface area contributed by atoms with Gasteiger partial charge in [-0.2, -0.15) is 5.10 Å². The number of aliphatic hydroxyl groups is 1. The minimum atomic E-state index is -0.0989. The van der Waals surface area contributed by atoms with Crippen LogP contribution in [0.15, 0.2) is 24.7 Å². The Morgan fingerprint density at radius 2 is 2.22 bits per heavy atom. The maximum atomic E-state index is 8.95. The van der Waals surface area contributed by atoms with Crippen molar-refractivity contribution in [2.45, 2.75) is 26.5 Å². The third-order valence-corrected chi connectivity index (χ3v) is 2.64. The van der Waals surface area contributed by atoms with Crippen molar-refractivity contribution >= 4 is 11.6 Å². The average molecular weight is 268 g/mol. The van der Waals surface area contributed by atoms with Crippen molar-refractivity contribution in [1.82, 2.24) is 14.8 Å². The van der Waals surface area contributed by atoms with Crippen molar-refractivity contribution in [2.24, 2.45) is 0 Å². The van der Waals surface area contributed by atoms with Crippen molar-refractivity contribution in [3.8, 4) is 11.6 Å². The first-order chi connectivity index (χ1) is 8.60. The molecule has 0 spiro atoms. The fourth-order valence-electron chi connectivity index (χ4n) is 1.39. The van der Waals surface area contributed by atoms with Gasteiger partial charge in [-0.1, -0.05) is 11.6 Å². The number of rotatable bonds is 4. The second-order valence-corrected chi connectivity index (χ2v) is 4.55. The van der Waals surface area contributed by atoms with Gasteiger partial charge >= 0.3 is 0 Å². The molecule has 0 unspecified atom stereocenters. The van der Waals surface area contributed by atoms with E-state index in [9.17, 15) is 0 Å². The first-order valence-corrected chi connectivity index (χ1v) is 5.95. The molecule has 0 atom stereocenters. The highest BCUT2D eigenvalue weighted by molar-refractivity contribution is 6.31. The number of aromatic nitrogens is 3. The van der Waals surface area contributed by atoms with Crippen LogP contribution in [0.25, 0.3) is 0 Å². The lowest BCUT2D eigenvalue weighted by Gasteiger charge is -2.05. The zero-order chi connectivity index (χ0) is 13.1. The Hall–Kier alpha value is -1.59. The van der Waals surface area contributed by atoms with Crippen LogP contribution in [0.5, 0.6) is 11.6 Å². The Kier molecular flexibility index (Phi) is 3.84. The van der Waals surface area contributed by atoms with Crippen molar-refractivity contribution in [3.63, 3.8) is 0 Å². The van der Waals surface area contributed by atoms with Gasteiger partial charge in [0.15, 0.2) is 5.75 Å². The number of pyridine rings is 1. The van der Waals surface area contributed by atoms with Crippen LogP contribution in [0, 0.1) is 0 Å². The van der Waals surface area contributed by atoms with Gasteiger partial charge in [0.2, 0.25) is 5.88 Å². The predicted molar refractivity (Wildman–Crippen MR) is 67.9 cm³/mol. The molecule has 5 nitrogen and oxygen atoms in total. The van der Waals surface area contributed by atoms with Crippen LogP contribution in [0.2, 0.25) is 5.02 Å². The normalized spacial score (nSPS) is 10.9. The fourth-order valence-corrected chi connectivity index (χ4v) is 1.62. The molecule has 96 valence electrons. The molecule has 6 heteroatoms. The average Bonchev–Trinajstić information content (AvgIpc) is 2.80. The topological polar surface area (TPSA) is 60.2 Å². The Balaban J connectivity index is 2.17. The van der Waals surface area contributed by atoms with Gasteiger partial charge in [0.05, 0.1) is 19.0 Å². The highest BCUT2D eigenvalue weighted by atomic mass is 35.5. The summed E-state index contributed by atoms with van der Waals surface area (Å²) in [5, 5.41) is 13.5. The van der Waals surface area contributed by atoms with E-state index < -0.39 is 0 Å². The Labute approximate surface area is 110 Å². The van der Waals surface area contributed by atoms with Crippen LogP contribution in [0.3, 0.4) is 0 Å². The zero-order valence-corrected chi connectivity index (χ0v) is 10.9. The van der Waals surface area contributed by atoms with Gasteiger partial charge in [-0.25, -0.2) is 4.98 Å². The van der Waals surface area contributed by atoms with Crippen LogP contribution in [0.4, 0.5) is 0 Å². The summed E-state index contributed by atoms with van der Waals surface area (Å²) in [6.45, 7) is 3.95. The third-order valence-electron chi connectivity index (χ3n) is 2.37. The van der Waals surface area contributed by atoms with Crippen molar-refractivity contribution in [1.29, 1.82) is 0 Å². The van der Waals surface area contributed by atoms with Crippen LogP contribution in [-0.2, 0) is 6.61 Å². The molecule has 0 fully saturated rings. The molecule has 2 aromatic rings. The first-order valence-electron chi connectivity index (χ1n) is 5.57. The van der Waals surface area contributed by atoms with Gasteiger partial charge in [0, 0.05) is 12.2 Å². The molecule has 2 aromatic heterocycles. The van der Waals surface area contributed by atoms with Crippen LogP contribution >= 0.6 is 11.6 Å². The van der Waals surface area contributed by atoms with Gasteiger partial charge in [-0.3, -0.25) is 4.68 Å². The van der Waals surface area contributed by atoms with Crippen molar-refractivity contribution in [2.75, 3.05) is 0 Å². The summed E-state index contributed by atoms with van der Waals surface area (Å²) in [5.41, 5.74) is 0.644. The molecule has 0 saturated heterocycles. The van der Waals surface area contributed by atoms with E-state index in [-0.39, 0.29) is 12.6 Å². The standard InChI is InChI=1S/C12H14ClN3O2/c1-8(2)16-6-10(5-15-16)18-12-11(13)3-9(7-17)4-14-12/h3-6,8,17H,7H2,1-2H3. The lowest BCUT2D eigenvalue weighted by Crippen LogP contribution is -1.99. The van der Waals surface area contributed by atoms with Gasteiger partial charge in [0.1, 0.15) is 5.02 Å². The number of nitrogens with zero attached hydrogens (tertiary/aromatic N) is 3. The number of ether oxygens (including phenoxy) is 1. The summed E-state index contributed by atoms with van der Waals surface area (Å²) >= 11 is 6.00. The van der Waals surface area contributed by atoms with Gasteiger partial charge in [-0.15, -0.1) is 0 Å². The highest BCUT2D eigenvalue weighted by Gasteiger charge is 2.08. The lowest BCUT2D eigenvalue weighted by molar-refractivity contribution is 0.281. The van der Waals surface area contributed by atoms with Crippen LogP contribution < -0.4 is 4.74 Å². The lowest BCUT2D eigenvalue weighted by atomic mass is 10.3. The summed E-state index contributed by atoms with van der Waals surface area (Å²) in [6, 6.07) is 1.89. The summed E-state index contributed by atoms with van der Waals surface area (Å²) < 4.78 is 7.31. The molecule has 0 aliphatic carbocycles. The summed E-state index contributed by atoms with van der Waals surface area (Å²) in [6.07, 6.45) is 4.91. The molecule has 0 saturated carbocycles. The number of halogens is 1. The minimum absolute atomic E-state index is 0.0989. The van der Waals surface area contributed by atoms with Crippen molar-refractivity contribution in [3.05, 3.63) is 35.2 Å². The van der Waals surface area contributed by atoms with Crippen LogP contribution in [-0.4, -0.2) is 19.9 Å². The number of aliphatic hydroxyl groups excluding tert-OH is 1. The fraction of sp³-hybridized carbons (Fsp3) is 0.333. The Morgan fingerprint density at radius 3 is 2.78 bits per heavy atom. The molecular formula is C12H14ClN3O2. The molecule has 2 rings (SSSR count). The predicted octanol–water partition coefficient (Wildman–Crippen LogP) is 2.80. The summed E-state index contributed by atoms with van der Waals surface area (Å²) in [7, 11) is 0. The van der Waals surface area contributed by atoms with Gasteiger partial charge in [-0.05, 0) is 25.5 Å². The zero-order valence-electron chi connectivity index (χ0n) is 10.2. The number of hydrogen-bond acceptors (Lipinski definition) is 4. The van der Waals surface area contributed by atoms with E-state index in [0.29, 0.717) is 22.2 Å². The molecule has 0 bridgehead atoms. The quantitative estimate of drug-likeness (QED) is 0.925. The van der Waals surface area contributed by atoms with Crippen molar-refractivity contribution < 1.29 is 9.84 Å². The summed E-state index contributed by atoms with van der Waals surface area (Å²) in [5.74, 6) is 0.882. The van der Waals surface area contributed by atoms with E-state index in [1.807, 2.05) is 13.8 Å². The first kappa shape index (κ1) is 12.9. The minimum Gasteiger partial charge on any atom is -0.434 e. The van der Waals surface area contributed by atoms with Gasteiger partial charge < -0.3 is 9.84 Å². The third kappa shape index (κ3) is 2.80. The largest absolute Gasteiger partial charge is 0.434 e. The Morgan fingerprint density at radius 1 is 1.44 bits per heavy atom. The van der Waals surface area contributed by atoms with E-state index in [4.69, 9.17) is 21.4 Å². The molecule has 18 heavy (non-hydrogen) atoms. The molecule has 0 aliphatic heterocycles. The highest BCUT2D eigenvalue weighted by Crippen LogP contribution is 2.27. The SMILES string of the molecule is CC(C)n1cc(Oc2ncc(CO)cc2Cl)cn1. The second kappa shape index (κ2) is 5.37. The second-order valence-electron chi connectivity index (χ2n) is 4.14. The molecule has 1 N–H and O–H groups in total.